The predicted molar refractivity (Wildman–Crippen MR) is 65.3 cm³/mol. The van der Waals surface area contributed by atoms with E-state index in [2.05, 4.69) is 0 Å². The number of halogens is 8. The molecule has 1 fully saturated rings. The Balaban J connectivity index is 3.24. The molecule has 9 heteroatoms. The van der Waals surface area contributed by atoms with E-state index in [9.17, 15) is 0 Å². The second-order valence-corrected chi connectivity index (χ2v) is 9.92. The molecular formula is C4Cl8S. The minimum absolute atomic E-state index is 0.673. The molecule has 1 saturated heterocycles. The molecule has 0 atom stereocenters. The summed E-state index contributed by atoms with van der Waals surface area (Å²) in [5, 5.41) is 0. The van der Waals surface area contributed by atoms with Gasteiger partial charge in [-0.15, -0.1) is 0 Å². The average molecular weight is 364 g/mol. The fourth-order valence-corrected chi connectivity index (χ4v) is 5.61. The monoisotopic (exact) mass is 360 g/mol. The summed E-state index contributed by atoms with van der Waals surface area (Å²) in [4.78, 5) is 0. The van der Waals surface area contributed by atoms with E-state index < -0.39 is 16.0 Å². The fraction of sp³-hybridized carbons (Fsp3) is 1.00. The van der Waals surface area contributed by atoms with Crippen molar-refractivity contribution in [1.82, 2.24) is 0 Å². The molecular weight excluding hydrogens is 364 g/mol. The van der Waals surface area contributed by atoms with Gasteiger partial charge in [-0.2, -0.15) is 0 Å². The highest BCUT2D eigenvalue weighted by Gasteiger charge is 2.77. The van der Waals surface area contributed by atoms with Crippen LogP contribution in [0.5, 0.6) is 0 Å². The lowest BCUT2D eigenvalue weighted by molar-refractivity contribution is 0.724. The lowest BCUT2D eigenvalue weighted by Gasteiger charge is -2.32. The van der Waals surface area contributed by atoms with Crippen LogP contribution in [-0.2, 0) is 0 Å². The molecule has 13 heavy (non-hydrogen) atoms. The molecule has 0 nitrogen and oxygen atoms in total. The van der Waals surface area contributed by atoms with Crippen LogP contribution in [0.15, 0.2) is 0 Å². The van der Waals surface area contributed by atoms with Gasteiger partial charge in [0.1, 0.15) is 0 Å². The van der Waals surface area contributed by atoms with E-state index in [4.69, 9.17) is 92.8 Å². The van der Waals surface area contributed by atoms with Crippen molar-refractivity contribution in [3.05, 3.63) is 0 Å². The summed E-state index contributed by atoms with van der Waals surface area (Å²) in [5.74, 6) is 0. The molecule has 0 saturated carbocycles. The summed E-state index contributed by atoms with van der Waals surface area (Å²) < 4.78 is -7.10. The first-order valence-electron chi connectivity index (χ1n) is 2.67. The SMILES string of the molecule is ClC1(Cl)SC(Cl)(Cl)C(Cl)(Cl)C1(Cl)Cl. The Labute approximate surface area is 119 Å². The molecule has 0 radical (unpaired) electrons. The number of hydrogen-bond donors (Lipinski definition) is 0. The Hall–Kier alpha value is 2.67. The van der Waals surface area contributed by atoms with Gasteiger partial charge in [0.05, 0.1) is 0 Å². The van der Waals surface area contributed by atoms with Gasteiger partial charge in [-0.3, -0.25) is 0 Å². The minimum Gasteiger partial charge on any atom is -0.0937 e. The Morgan fingerprint density at radius 2 is 0.769 bits per heavy atom. The van der Waals surface area contributed by atoms with Crippen molar-refractivity contribution >= 4 is 105 Å². The first-order chi connectivity index (χ1) is 5.46. The zero-order valence-electron chi connectivity index (χ0n) is 5.43. The van der Waals surface area contributed by atoms with Crippen molar-refractivity contribution in [3.63, 3.8) is 0 Å². The first-order valence-corrected chi connectivity index (χ1v) is 6.51. The quantitative estimate of drug-likeness (QED) is 0.523. The van der Waals surface area contributed by atoms with Gasteiger partial charge in [0.15, 0.2) is 8.67 Å². The second-order valence-electron chi connectivity index (χ2n) is 2.28. The zero-order valence-corrected chi connectivity index (χ0v) is 12.3. The van der Waals surface area contributed by atoms with Crippen LogP contribution in [0.25, 0.3) is 0 Å². The van der Waals surface area contributed by atoms with E-state index in [1.807, 2.05) is 0 Å². The smallest absolute Gasteiger partial charge is 0.0937 e. The summed E-state index contributed by atoms with van der Waals surface area (Å²) in [6.45, 7) is 0. The van der Waals surface area contributed by atoms with Gasteiger partial charge >= 0.3 is 0 Å². The predicted octanol–water partition coefficient (Wildman–Crippen LogP) is 5.34. The van der Waals surface area contributed by atoms with E-state index in [0.717, 1.165) is 0 Å². The van der Waals surface area contributed by atoms with Gasteiger partial charge in [-0.05, 0) is 0 Å². The Bertz CT molecular complexity index is 208. The van der Waals surface area contributed by atoms with Gasteiger partial charge < -0.3 is 0 Å². The highest BCUT2D eigenvalue weighted by molar-refractivity contribution is 8.07. The molecule has 0 aliphatic carbocycles. The number of alkyl halides is 8. The number of rotatable bonds is 0. The molecule has 0 aromatic carbocycles. The van der Waals surface area contributed by atoms with Crippen molar-refractivity contribution in [2.24, 2.45) is 0 Å². The van der Waals surface area contributed by atoms with Crippen LogP contribution in [0.2, 0.25) is 0 Å². The summed E-state index contributed by atoms with van der Waals surface area (Å²) in [5.41, 5.74) is 0. The van der Waals surface area contributed by atoms with Crippen LogP contribution in [-0.4, -0.2) is 16.0 Å². The number of thioether (sulfide) groups is 1. The van der Waals surface area contributed by atoms with Crippen LogP contribution >= 0.6 is 105 Å². The molecule has 78 valence electrons. The van der Waals surface area contributed by atoms with Crippen LogP contribution in [0.3, 0.4) is 0 Å². The van der Waals surface area contributed by atoms with E-state index in [1.54, 1.807) is 0 Å². The molecule has 1 heterocycles. The van der Waals surface area contributed by atoms with Gasteiger partial charge in [0.25, 0.3) is 0 Å². The van der Waals surface area contributed by atoms with Gasteiger partial charge in [0, 0.05) is 0 Å². The lowest BCUT2D eigenvalue weighted by atomic mass is 10.3. The standard InChI is InChI=1S/C4Cl8S/c5-1(6)2(7,8)4(11,12)13-3(1,9)10. The molecule has 1 aliphatic heterocycles. The maximum Gasteiger partial charge on any atom is 0.202 e. The zero-order chi connectivity index (χ0) is 10.7. The largest absolute Gasteiger partial charge is 0.202 e. The van der Waals surface area contributed by atoms with Crippen molar-refractivity contribution in [1.29, 1.82) is 0 Å². The van der Waals surface area contributed by atoms with Gasteiger partial charge in [-0.25, -0.2) is 0 Å². The third kappa shape index (κ3) is 1.85. The summed E-state index contributed by atoms with van der Waals surface area (Å²) in [6, 6.07) is 0. The molecule has 1 rings (SSSR count). The number of hydrogen-bond acceptors (Lipinski definition) is 1. The van der Waals surface area contributed by atoms with Gasteiger partial charge in [-0.1, -0.05) is 105 Å². The van der Waals surface area contributed by atoms with E-state index in [1.165, 1.54) is 0 Å². The van der Waals surface area contributed by atoms with Crippen molar-refractivity contribution in [2.75, 3.05) is 0 Å². The average Bonchev–Trinajstić information content (AvgIpc) is 1.88. The van der Waals surface area contributed by atoms with Crippen molar-refractivity contribution in [3.8, 4) is 0 Å². The van der Waals surface area contributed by atoms with E-state index in [0.29, 0.717) is 11.8 Å². The molecule has 0 amide bonds. The Morgan fingerprint density at radius 3 is 0.846 bits per heavy atom. The fourth-order valence-electron chi connectivity index (χ4n) is 0.655. The summed E-state index contributed by atoms with van der Waals surface area (Å²) in [6.07, 6.45) is 0. The van der Waals surface area contributed by atoms with Crippen LogP contribution in [0, 0.1) is 0 Å². The van der Waals surface area contributed by atoms with Crippen LogP contribution in [0.4, 0.5) is 0 Å². The Morgan fingerprint density at radius 1 is 0.538 bits per heavy atom. The highest BCUT2D eigenvalue weighted by Crippen LogP contribution is 2.75. The summed E-state index contributed by atoms with van der Waals surface area (Å²) >= 11 is 46.8. The maximum atomic E-state index is 5.78. The minimum atomic E-state index is -1.87. The van der Waals surface area contributed by atoms with Crippen molar-refractivity contribution < 1.29 is 0 Å². The highest BCUT2D eigenvalue weighted by atomic mass is 35.6. The molecule has 0 aromatic heterocycles. The second kappa shape index (κ2) is 3.58. The molecule has 1 aliphatic rings. The molecule has 0 unspecified atom stereocenters. The Kier molecular flexibility index (Phi) is 3.78. The van der Waals surface area contributed by atoms with Crippen LogP contribution in [0.1, 0.15) is 0 Å². The molecule has 0 spiro atoms. The van der Waals surface area contributed by atoms with Crippen LogP contribution < -0.4 is 0 Å². The lowest BCUT2D eigenvalue weighted by Crippen LogP contribution is -2.46. The molecule has 0 N–H and O–H groups in total. The maximum absolute atomic E-state index is 5.78. The third-order valence-corrected chi connectivity index (χ3v) is 8.44. The molecule has 0 bridgehead atoms. The molecule has 0 aromatic rings. The van der Waals surface area contributed by atoms with Gasteiger partial charge in [0.2, 0.25) is 7.33 Å². The normalized spacial score (nSPS) is 33.2. The third-order valence-electron chi connectivity index (χ3n) is 1.38. The van der Waals surface area contributed by atoms with E-state index in [-0.39, 0.29) is 0 Å². The summed E-state index contributed by atoms with van der Waals surface area (Å²) in [7, 11) is 0. The van der Waals surface area contributed by atoms with Crippen molar-refractivity contribution in [2.45, 2.75) is 16.0 Å². The van der Waals surface area contributed by atoms with E-state index >= 15 is 0 Å². The first kappa shape index (κ1) is 13.7. The topological polar surface area (TPSA) is 0 Å².